The molecule has 0 amide bonds. The van der Waals surface area contributed by atoms with Crippen molar-refractivity contribution in [3.63, 3.8) is 0 Å². The highest BCUT2D eigenvalue weighted by Crippen LogP contribution is 2.44. The molecule has 442 valence electrons. The molecule has 94 heavy (non-hydrogen) atoms. The molecule has 4 heterocycles. The van der Waals surface area contributed by atoms with E-state index in [1.54, 1.807) is 0 Å². The second-order valence-electron chi connectivity index (χ2n) is 24.0. The second-order valence-corrected chi connectivity index (χ2v) is 24.0. The molecule has 0 aliphatic heterocycles. The lowest BCUT2D eigenvalue weighted by molar-refractivity contribution is 1.07. The average Bonchev–Trinajstić information content (AvgIpc) is 1.58. The minimum Gasteiger partial charge on any atom is -0.309 e. The lowest BCUT2D eigenvalue weighted by Crippen LogP contribution is -2.03. The average molecular weight is 1200 g/mol. The van der Waals surface area contributed by atoms with Crippen molar-refractivity contribution in [2.75, 3.05) is 0 Å². The highest BCUT2D eigenvalue weighted by Gasteiger charge is 2.24. The predicted molar refractivity (Wildman–Crippen MR) is 386 cm³/mol. The van der Waals surface area contributed by atoms with E-state index in [1.165, 1.54) is 22.3 Å². The minimum atomic E-state index is 0.573. The molecule has 8 heteroatoms. The lowest BCUT2D eigenvalue weighted by Gasteiger charge is -2.19. The van der Waals surface area contributed by atoms with Crippen LogP contribution in [0.4, 0.5) is 0 Å². The van der Waals surface area contributed by atoms with Crippen LogP contribution in [-0.4, -0.2) is 39.0 Å². The van der Waals surface area contributed by atoms with E-state index < -0.39 is 0 Å². The molecule has 0 saturated heterocycles. The van der Waals surface area contributed by atoms with Gasteiger partial charge in [0.15, 0.2) is 34.9 Å². The summed E-state index contributed by atoms with van der Waals surface area (Å²) in [5.74, 6) is 3.55. The fraction of sp³-hybridized carbons (Fsp3) is 0.0233. The number of aromatic nitrogens is 8. The Kier molecular flexibility index (Phi) is 13.8. The summed E-state index contributed by atoms with van der Waals surface area (Å²) in [6.07, 6.45) is 0. The fourth-order valence-electron chi connectivity index (χ4n) is 13.4. The maximum atomic E-state index is 5.28. The van der Waals surface area contributed by atoms with Gasteiger partial charge in [0.1, 0.15) is 0 Å². The Morgan fingerprint density at radius 1 is 0.191 bits per heavy atom. The predicted octanol–water partition coefficient (Wildman–Crippen LogP) is 21.5. The van der Waals surface area contributed by atoms with E-state index in [1.807, 2.05) is 72.8 Å². The van der Waals surface area contributed by atoms with Crippen LogP contribution in [0, 0.1) is 13.8 Å². The highest BCUT2D eigenvalue weighted by atomic mass is 15.1. The van der Waals surface area contributed by atoms with Gasteiger partial charge in [-0.3, -0.25) is 0 Å². The maximum absolute atomic E-state index is 5.28. The number of fused-ring (bicyclic) bond motifs is 6. The topological polar surface area (TPSA) is 87.2 Å². The number of hydrogen-bond donors (Lipinski definition) is 0. The van der Waals surface area contributed by atoms with Crippen molar-refractivity contribution in [2.24, 2.45) is 0 Å². The summed E-state index contributed by atoms with van der Waals surface area (Å²) in [5.41, 5.74) is 22.9. The first-order chi connectivity index (χ1) is 46.4. The second kappa shape index (κ2) is 23.4. The largest absolute Gasteiger partial charge is 0.309 e. The number of nitrogens with zero attached hydrogens (tertiary/aromatic N) is 8. The first-order valence-electron chi connectivity index (χ1n) is 31.7. The lowest BCUT2D eigenvalue weighted by atomic mass is 9.95. The van der Waals surface area contributed by atoms with Crippen molar-refractivity contribution >= 4 is 43.6 Å². The number of para-hydroxylation sites is 2. The van der Waals surface area contributed by atoms with Crippen molar-refractivity contribution in [1.82, 2.24) is 39.0 Å². The van der Waals surface area contributed by atoms with Crippen LogP contribution in [0.15, 0.2) is 315 Å². The number of aryl methyl sites for hydroxylation is 2. The molecule has 17 aromatic rings. The van der Waals surface area contributed by atoms with Crippen molar-refractivity contribution in [1.29, 1.82) is 0 Å². The van der Waals surface area contributed by atoms with Crippen LogP contribution in [0.1, 0.15) is 11.1 Å². The van der Waals surface area contributed by atoms with Crippen molar-refractivity contribution < 1.29 is 0 Å². The Balaban J connectivity index is 0.898. The summed E-state index contributed by atoms with van der Waals surface area (Å²) in [6, 6.07) is 112. The molecular weight excluding hydrogens is 1150 g/mol. The van der Waals surface area contributed by atoms with Crippen LogP contribution in [-0.2, 0) is 0 Å². The quantitative estimate of drug-likeness (QED) is 0.121. The third kappa shape index (κ3) is 10.2. The van der Waals surface area contributed by atoms with E-state index in [9.17, 15) is 0 Å². The molecule has 0 aliphatic carbocycles. The van der Waals surface area contributed by atoms with Gasteiger partial charge in [0, 0.05) is 66.1 Å². The van der Waals surface area contributed by atoms with Gasteiger partial charge >= 0.3 is 0 Å². The maximum Gasteiger partial charge on any atom is 0.164 e. The van der Waals surface area contributed by atoms with Gasteiger partial charge in [-0.1, -0.05) is 272 Å². The Labute approximate surface area is 544 Å². The monoisotopic (exact) mass is 1200 g/mol. The molecule has 0 radical (unpaired) electrons. The van der Waals surface area contributed by atoms with Gasteiger partial charge in [-0.15, -0.1) is 0 Å². The van der Waals surface area contributed by atoms with E-state index in [2.05, 4.69) is 266 Å². The molecule has 0 spiro atoms. The van der Waals surface area contributed by atoms with Crippen molar-refractivity contribution in [3.8, 4) is 124 Å². The van der Waals surface area contributed by atoms with Gasteiger partial charge in [-0.2, -0.15) is 0 Å². The van der Waals surface area contributed by atoms with Gasteiger partial charge in [-0.05, 0) is 102 Å². The Morgan fingerprint density at radius 3 is 0.851 bits per heavy atom. The van der Waals surface area contributed by atoms with Gasteiger partial charge in [0.25, 0.3) is 0 Å². The zero-order valence-electron chi connectivity index (χ0n) is 51.6. The summed E-state index contributed by atoms with van der Waals surface area (Å²) in [5, 5.41) is 4.62. The Bertz CT molecular complexity index is 5290. The number of hydrogen-bond acceptors (Lipinski definition) is 6. The zero-order valence-corrected chi connectivity index (χ0v) is 51.6. The molecule has 0 atom stereocenters. The van der Waals surface area contributed by atoms with Gasteiger partial charge in [0.2, 0.25) is 0 Å². The molecule has 17 rings (SSSR count). The van der Waals surface area contributed by atoms with Crippen molar-refractivity contribution in [3.05, 3.63) is 327 Å². The van der Waals surface area contributed by atoms with E-state index in [4.69, 9.17) is 29.9 Å². The normalized spacial score (nSPS) is 11.5. The summed E-state index contributed by atoms with van der Waals surface area (Å²) in [6.45, 7) is 4.30. The molecule has 0 N–H and O–H groups in total. The van der Waals surface area contributed by atoms with Gasteiger partial charge < -0.3 is 9.13 Å². The van der Waals surface area contributed by atoms with Crippen LogP contribution < -0.4 is 0 Å². The molecular formula is C86H58N8. The zero-order chi connectivity index (χ0) is 62.6. The molecule has 13 aromatic carbocycles. The minimum absolute atomic E-state index is 0.573. The number of benzene rings is 13. The van der Waals surface area contributed by atoms with Gasteiger partial charge in [-0.25, -0.2) is 29.9 Å². The summed E-state index contributed by atoms with van der Waals surface area (Å²) in [7, 11) is 0. The van der Waals surface area contributed by atoms with Crippen LogP contribution in [0.25, 0.3) is 168 Å². The standard InChI is InChI=1S/C86H58N8/c1-55-22-19-32-61(48-55)63-42-46-77-73(51-63)71-36-15-17-38-75(71)93(77)79-53-67(85-89-81(57-24-7-3-8-25-57)87-82(90-85)58-26-9-4-10-27-58)40-44-69(79)65-34-21-35-66(50-65)70-45-41-68(86-91-83(59-28-11-5-12-29-59)88-84(92-86)60-30-13-6-14-31-60)54-80(70)94-76-39-18-16-37-72(76)74-52-64(43-47-78(74)94)62-33-20-23-56(2)49-62/h3-54H,1-2H3. The van der Waals surface area contributed by atoms with E-state index >= 15 is 0 Å². The van der Waals surface area contributed by atoms with Crippen molar-refractivity contribution in [2.45, 2.75) is 13.8 Å². The van der Waals surface area contributed by atoms with E-state index in [-0.39, 0.29) is 0 Å². The molecule has 0 bridgehead atoms. The van der Waals surface area contributed by atoms with Crippen LogP contribution in [0.3, 0.4) is 0 Å². The van der Waals surface area contributed by atoms with Gasteiger partial charge in [0.05, 0.1) is 33.4 Å². The molecule has 0 fully saturated rings. The number of rotatable bonds is 12. The smallest absolute Gasteiger partial charge is 0.164 e. The summed E-state index contributed by atoms with van der Waals surface area (Å²) in [4.78, 5) is 31.3. The van der Waals surface area contributed by atoms with Crippen LogP contribution in [0.5, 0.6) is 0 Å². The van der Waals surface area contributed by atoms with E-state index in [0.717, 1.165) is 122 Å². The first kappa shape index (κ1) is 55.5. The fourth-order valence-corrected chi connectivity index (χ4v) is 13.4. The third-order valence-corrected chi connectivity index (χ3v) is 17.9. The molecule has 8 nitrogen and oxygen atoms in total. The summed E-state index contributed by atoms with van der Waals surface area (Å²) < 4.78 is 4.86. The van der Waals surface area contributed by atoms with Crippen LogP contribution >= 0.6 is 0 Å². The van der Waals surface area contributed by atoms with Crippen LogP contribution in [0.2, 0.25) is 0 Å². The molecule has 0 unspecified atom stereocenters. The molecule has 0 aliphatic rings. The first-order valence-corrected chi connectivity index (χ1v) is 31.7. The Morgan fingerprint density at radius 2 is 0.479 bits per heavy atom. The molecule has 4 aromatic heterocycles. The molecule has 0 saturated carbocycles. The van der Waals surface area contributed by atoms with E-state index in [0.29, 0.717) is 34.9 Å². The Hall–Kier alpha value is -12.5. The highest BCUT2D eigenvalue weighted by molar-refractivity contribution is 6.12. The SMILES string of the molecule is Cc1cccc(-c2ccc3c(c2)c2ccccc2n3-c2cc(-c3nc(-c4ccccc4)nc(-c4ccccc4)n3)ccc2-c2cccc(-c3ccc(-c4nc(-c5ccccc5)nc(-c5ccccc5)n4)cc3-n3c4ccccc4c4cc(-c5cccc(C)c5)ccc43)c2)c1. The third-order valence-electron chi connectivity index (χ3n) is 17.9. The summed E-state index contributed by atoms with van der Waals surface area (Å²) >= 11 is 0.